The summed E-state index contributed by atoms with van der Waals surface area (Å²) in [6.07, 6.45) is 0. The quantitative estimate of drug-likeness (QED) is 0.700. The van der Waals surface area contributed by atoms with Crippen molar-refractivity contribution in [2.75, 3.05) is 36.9 Å². The maximum Gasteiger partial charge on any atom is 0.323 e. The number of anilines is 2. The molecule has 2 aromatic rings. The summed E-state index contributed by atoms with van der Waals surface area (Å²) < 4.78 is 71.7. The minimum Gasteiger partial charge on any atom is -0.379 e. The van der Waals surface area contributed by atoms with E-state index in [0.717, 1.165) is 12.1 Å². The first-order valence-corrected chi connectivity index (χ1v) is 10.1. The SMILES string of the molecule is O=C(Nc1cc(S(=O)(=O)N2CCOCC2)ccc1Cl)Nc1ccc(F)c(F)c1F. The summed E-state index contributed by atoms with van der Waals surface area (Å²) in [6.45, 7) is 0.896. The lowest BCUT2D eigenvalue weighted by Crippen LogP contribution is -2.40. The topological polar surface area (TPSA) is 87.7 Å². The smallest absolute Gasteiger partial charge is 0.323 e. The average molecular weight is 450 g/mol. The lowest BCUT2D eigenvalue weighted by molar-refractivity contribution is 0.0730. The number of ether oxygens (including phenoxy) is 1. The van der Waals surface area contributed by atoms with Gasteiger partial charge in [-0.3, -0.25) is 0 Å². The van der Waals surface area contributed by atoms with E-state index in [2.05, 4.69) is 5.32 Å². The molecule has 0 atom stereocenters. The van der Waals surface area contributed by atoms with Crippen LogP contribution in [0.1, 0.15) is 0 Å². The third-order valence-electron chi connectivity index (χ3n) is 4.08. The molecular formula is C17H15ClF3N3O4S. The van der Waals surface area contributed by atoms with Crippen LogP contribution in [0.3, 0.4) is 0 Å². The van der Waals surface area contributed by atoms with Crippen LogP contribution in [0.5, 0.6) is 0 Å². The molecule has 3 rings (SSSR count). The molecule has 1 aliphatic rings. The Morgan fingerprint density at radius 2 is 1.66 bits per heavy atom. The standard InChI is InChI=1S/C17H15ClF3N3O4S/c18-11-2-1-10(29(26,27)24-5-7-28-8-6-24)9-14(11)23-17(25)22-13-4-3-12(19)15(20)16(13)21/h1-4,9H,5-8H2,(H2,22,23,25). The van der Waals surface area contributed by atoms with Crippen molar-refractivity contribution in [3.05, 3.63) is 52.8 Å². The van der Waals surface area contributed by atoms with Gasteiger partial charge in [0, 0.05) is 13.1 Å². The van der Waals surface area contributed by atoms with E-state index in [9.17, 15) is 26.4 Å². The number of benzene rings is 2. The number of amides is 2. The van der Waals surface area contributed by atoms with Gasteiger partial charge >= 0.3 is 6.03 Å². The molecule has 2 amide bonds. The average Bonchev–Trinajstić information content (AvgIpc) is 2.70. The number of nitrogens with one attached hydrogen (secondary N) is 2. The van der Waals surface area contributed by atoms with E-state index < -0.39 is 39.2 Å². The van der Waals surface area contributed by atoms with Crippen molar-refractivity contribution in [1.29, 1.82) is 0 Å². The summed E-state index contributed by atoms with van der Waals surface area (Å²) in [7, 11) is -3.84. The highest BCUT2D eigenvalue weighted by molar-refractivity contribution is 7.89. The van der Waals surface area contributed by atoms with Crippen molar-refractivity contribution in [3.8, 4) is 0 Å². The second-order valence-corrected chi connectivity index (χ2v) is 8.31. The fourth-order valence-corrected chi connectivity index (χ4v) is 4.19. The number of halogens is 4. The Bertz CT molecular complexity index is 1050. The van der Waals surface area contributed by atoms with Crippen molar-refractivity contribution in [3.63, 3.8) is 0 Å². The molecule has 1 aliphatic heterocycles. The normalized spacial score (nSPS) is 15.2. The fourth-order valence-electron chi connectivity index (χ4n) is 2.59. The van der Waals surface area contributed by atoms with Crippen LogP contribution >= 0.6 is 11.6 Å². The summed E-state index contributed by atoms with van der Waals surface area (Å²) in [5.41, 5.74) is -0.670. The first-order valence-electron chi connectivity index (χ1n) is 8.29. The molecule has 1 fully saturated rings. The van der Waals surface area contributed by atoms with Crippen LogP contribution < -0.4 is 10.6 Å². The Morgan fingerprint density at radius 1 is 1.00 bits per heavy atom. The van der Waals surface area contributed by atoms with Crippen LogP contribution in [0.2, 0.25) is 5.02 Å². The molecule has 2 aromatic carbocycles. The maximum absolute atomic E-state index is 13.7. The Morgan fingerprint density at radius 3 is 2.34 bits per heavy atom. The minimum absolute atomic E-state index is 0.0202. The van der Waals surface area contributed by atoms with Crippen LogP contribution in [0.25, 0.3) is 0 Å². The number of nitrogens with zero attached hydrogens (tertiary/aromatic N) is 1. The van der Waals surface area contributed by atoms with Crippen LogP contribution in [-0.2, 0) is 14.8 Å². The third kappa shape index (κ3) is 4.64. The van der Waals surface area contributed by atoms with Gasteiger partial charge in [0.15, 0.2) is 17.5 Å². The second kappa shape index (κ2) is 8.57. The molecule has 0 unspecified atom stereocenters. The van der Waals surface area contributed by atoms with E-state index in [1.165, 1.54) is 16.4 Å². The van der Waals surface area contributed by atoms with Gasteiger partial charge in [-0.05, 0) is 30.3 Å². The highest BCUT2D eigenvalue weighted by Crippen LogP contribution is 2.28. The van der Waals surface area contributed by atoms with Crippen LogP contribution in [0, 0.1) is 17.5 Å². The Kier molecular flexibility index (Phi) is 6.32. The molecule has 29 heavy (non-hydrogen) atoms. The predicted octanol–water partition coefficient (Wildman–Crippen LogP) is 3.42. The molecule has 156 valence electrons. The number of hydrogen-bond donors (Lipinski definition) is 2. The number of hydrogen-bond acceptors (Lipinski definition) is 4. The predicted molar refractivity (Wildman–Crippen MR) is 100.0 cm³/mol. The number of carbonyl (C=O) groups excluding carboxylic acids is 1. The zero-order valence-electron chi connectivity index (χ0n) is 14.7. The first-order chi connectivity index (χ1) is 13.7. The highest BCUT2D eigenvalue weighted by Gasteiger charge is 2.27. The molecule has 0 saturated carbocycles. The number of urea groups is 1. The van der Waals surface area contributed by atoms with Gasteiger partial charge in [0.05, 0.1) is 34.5 Å². The molecule has 0 radical (unpaired) electrons. The first kappa shape index (κ1) is 21.4. The van der Waals surface area contributed by atoms with Gasteiger partial charge in [-0.15, -0.1) is 0 Å². The zero-order valence-corrected chi connectivity index (χ0v) is 16.3. The summed E-state index contributed by atoms with van der Waals surface area (Å²) >= 11 is 6.00. The zero-order chi connectivity index (χ0) is 21.2. The molecule has 7 nitrogen and oxygen atoms in total. The van der Waals surface area contributed by atoms with Gasteiger partial charge in [0.2, 0.25) is 10.0 Å². The largest absolute Gasteiger partial charge is 0.379 e. The molecule has 1 heterocycles. The summed E-state index contributed by atoms with van der Waals surface area (Å²) in [5.74, 6) is -4.72. The summed E-state index contributed by atoms with van der Waals surface area (Å²) in [5, 5.41) is 4.29. The second-order valence-electron chi connectivity index (χ2n) is 5.96. The fraction of sp³-hybridized carbons (Fsp3) is 0.235. The van der Waals surface area contributed by atoms with Gasteiger partial charge in [-0.1, -0.05) is 11.6 Å². The number of carbonyl (C=O) groups is 1. The third-order valence-corrected chi connectivity index (χ3v) is 6.30. The Labute approximate surface area is 169 Å². The van der Waals surface area contributed by atoms with E-state index in [-0.39, 0.29) is 41.9 Å². The van der Waals surface area contributed by atoms with E-state index in [1.54, 1.807) is 0 Å². The number of rotatable bonds is 4. The van der Waals surface area contributed by atoms with Gasteiger partial charge in [0.1, 0.15) is 0 Å². The molecule has 12 heteroatoms. The molecule has 0 bridgehead atoms. The minimum atomic E-state index is -3.84. The summed E-state index contributed by atoms with van der Waals surface area (Å²) in [4.78, 5) is 12.0. The molecule has 1 saturated heterocycles. The summed E-state index contributed by atoms with van der Waals surface area (Å²) in [6, 6.07) is 4.17. The van der Waals surface area contributed by atoms with E-state index in [1.807, 2.05) is 5.32 Å². The van der Waals surface area contributed by atoms with E-state index in [4.69, 9.17) is 16.3 Å². The van der Waals surface area contributed by atoms with Gasteiger partial charge in [-0.2, -0.15) is 4.31 Å². The van der Waals surface area contributed by atoms with Crippen molar-refractivity contribution in [1.82, 2.24) is 4.31 Å². The molecule has 0 spiro atoms. The van der Waals surface area contributed by atoms with Crippen molar-refractivity contribution in [2.24, 2.45) is 0 Å². The van der Waals surface area contributed by atoms with Crippen molar-refractivity contribution >= 4 is 39.0 Å². The monoisotopic (exact) mass is 449 g/mol. The van der Waals surface area contributed by atoms with Gasteiger partial charge in [-0.25, -0.2) is 26.4 Å². The lowest BCUT2D eigenvalue weighted by atomic mass is 10.3. The highest BCUT2D eigenvalue weighted by atomic mass is 35.5. The van der Waals surface area contributed by atoms with E-state index >= 15 is 0 Å². The van der Waals surface area contributed by atoms with E-state index in [0.29, 0.717) is 6.07 Å². The van der Waals surface area contributed by atoms with Crippen LogP contribution in [0.4, 0.5) is 29.3 Å². The van der Waals surface area contributed by atoms with Crippen molar-refractivity contribution in [2.45, 2.75) is 4.90 Å². The van der Waals surface area contributed by atoms with Gasteiger partial charge in [0.25, 0.3) is 0 Å². The molecule has 2 N–H and O–H groups in total. The maximum atomic E-state index is 13.7. The molecule has 0 aromatic heterocycles. The van der Waals surface area contributed by atoms with Gasteiger partial charge < -0.3 is 15.4 Å². The van der Waals surface area contributed by atoms with Crippen LogP contribution in [0.15, 0.2) is 35.2 Å². The van der Waals surface area contributed by atoms with Crippen LogP contribution in [-0.4, -0.2) is 45.1 Å². The molecule has 0 aliphatic carbocycles. The Hall–Kier alpha value is -2.34. The van der Waals surface area contributed by atoms with Crippen molar-refractivity contribution < 1.29 is 31.1 Å². The Balaban J connectivity index is 1.80. The lowest BCUT2D eigenvalue weighted by Gasteiger charge is -2.26. The molecular weight excluding hydrogens is 435 g/mol. The number of sulfonamides is 1. The number of morpholine rings is 1.